The molecule has 3 rings (SSSR count). The highest BCUT2D eigenvalue weighted by Crippen LogP contribution is 2.37. The average molecular weight is 472 g/mol. The molecule has 1 unspecified atom stereocenters. The largest absolute Gasteiger partial charge is 0.493 e. The molecule has 172 valence electrons. The van der Waals surface area contributed by atoms with Gasteiger partial charge in [0.05, 0.1) is 17.9 Å². The molecule has 0 aliphatic carbocycles. The van der Waals surface area contributed by atoms with Crippen LogP contribution in [0.1, 0.15) is 34.1 Å². The van der Waals surface area contributed by atoms with E-state index in [0.29, 0.717) is 34.4 Å². The number of fused-ring (bicyclic) bond motifs is 1. The first kappa shape index (κ1) is 23.2. The van der Waals surface area contributed by atoms with E-state index in [0.717, 1.165) is 0 Å². The molecule has 0 saturated heterocycles. The van der Waals surface area contributed by atoms with Crippen LogP contribution in [0, 0.1) is 5.41 Å². The number of hydrogen-bond donors (Lipinski definition) is 3. The SMILES string of the molecule is CN(C(=N)N)S(=O)(=O)CC1CCOc2ccc(NC(=O)c3ncc(C(F)(F)F)cn3)cc21. The second kappa shape index (κ2) is 8.61. The lowest BCUT2D eigenvalue weighted by Crippen LogP contribution is -2.40. The zero-order valence-corrected chi connectivity index (χ0v) is 17.5. The number of ether oxygens (including phenoxy) is 1. The normalized spacial score (nSPS) is 15.9. The molecule has 14 heteroatoms. The lowest BCUT2D eigenvalue weighted by molar-refractivity contribution is -0.138. The van der Waals surface area contributed by atoms with E-state index in [-0.39, 0.29) is 18.0 Å². The first-order valence-corrected chi connectivity index (χ1v) is 10.8. The van der Waals surface area contributed by atoms with Crippen LogP contribution in [0.15, 0.2) is 30.6 Å². The maximum Gasteiger partial charge on any atom is 0.419 e. The number of guanidine groups is 1. The number of aromatic nitrogens is 2. The topological polar surface area (TPSA) is 151 Å². The second-order valence-electron chi connectivity index (χ2n) is 6.97. The monoisotopic (exact) mass is 472 g/mol. The van der Waals surface area contributed by atoms with Gasteiger partial charge in [-0.15, -0.1) is 0 Å². The maximum atomic E-state index is 12.6. The Labute approximate surface area is 181 Å². The van der Waals surface area contributed by atoms with Gasteiger partial charge in [0, 0.05) is 36.6 Å². The summed E-state index contributed by atoms with van der Waals surface area (Å²) in [5.74, 6) is -2.31. The van der Waals surface area contributed by atoms with E-state index in [9.17, 15) is 26.4 Å². The van der Waals surface area contributed by atoms with E-state index < -0.39 is 45.4 Å². The van der Waals surface area contributed by atoms with Crippen molar-refractivity contribution in [2.75, 3.05) is 24.7 Å². The molecule has 1 atom stereocenters. The summed E-state index contributed by atoms with van der Waals surface area (Å²) >= 11 is 0. The fourth-order valence-corrected chi connectivity index (χ4v) is 4.39. The molecule has 0 spiro atoms. The smallest absolute Gasteiger partial charge is 0.419 e. The number of carbonyl (C=O) groups excluding carboxylic acids is 1. The van der Waals surface area contributed by atoms with E-state index in [1.807, 2.05) is 0 Å². The lowest BCUT2D eigenvalue weighted by atomic mass is 9.94. The summed E-state index contributed by atoms with van der Waals surface area (Å²) in [7, 11) is -2.69. The molecule has 1 aliphatic heterocycles. The Morgan fingerprint density at radius 3 is 2.59 bits per heavy atom. The third-order valence-corrected chi connectivity index (χ3v) is 6.64. The van der Waals surface area contributed by atoms with Gasteiger partial charge in [-0.1, -0.05) is 0 Å². The molecular weight excluding hydrogens is 453 g/mol. The van der Waals surface area contributed by atoms with Crippen molar-refractivity contribution < 1.29 is 31.1 Å². The van der Waals surface area contributed by atoms with Crippen LogP contribution in [0.3, 0.4) is 0 Å². The predicted octanol–water partition coefficient (Wildman–Crippen LogP) is 1.77. The van der Waals surface area contributed by atoms with E-state index in [2.05, 4.69) is 15.3 Å². The van der Waals surface area contributed by atoms with Gasteiger partial charge in [0.25, 0.3) is 5.91 Å². The van der Waals surface area contributed by atoms with Crippen LogP contribution >= 0.6 is 0 Å². The Morgan fingerprint density at radius 1 is 1.34 bits per heavy atom. The number of nitrogens with two attached hydrogens (primary N) is 1. The highest BCUT2D eigenvalue weighted by molar-refractivity contribution is 7.89. The molecular formula is C18H19F3N6O4S. The summed E-state index contributed by atoms with van der Waals surface area (Å²) in [6.07, 6.45) is -3.24. The van der Waals surface area contributed by atoms with Gasteiger partial charge in [0.2, 0.25) is 21.8 Å². The molecule has 0 bridgehead atoms. The van der Waals surface area contributed by atoms with Crippen LogP contribution in [0.4, 0.5) is 18.9 Å². The van der Waals surface area contributed by atoms with Crippen molar-refractivity contribution in [1.29, 1.82) is 5.41 Å². The third kappa shape index (κ3) is 5.07. The third-order valence-electron chi connectivity index (χ3n) is 4.78. The van der Waals surface area contributed by atoms with Crippen molar-refractivity contribution in [3.63, 3.8) is 0 Å². The standard InChI is InChI=1S/C18H19F3N6O4S/c1-27(17(22)23)32(29,30)9-10-4-5-31-14-3-2-12(6-13(10)14)26-16(28)15-24-7-11(8-25-15)18(19,20)21/h2-3,6-8,10H,4-5,9H2,1H3,(H3,22,23)(H,26,28). The molecule has 0 fully saturated rings. The Morgan fingerprint density at radius 2 is 2.00 bits per heavy atom. The number of nitrogens with one attached hydrogen (secondary N) is 2. The van der Waals surface area contributed by atoms with Gasteiger partial charge in [-0.2, -0.15) is 13.2 Å². The van der Waals surface area contributed by atoms with E-state index in [1.54, 1.807) is 6.07 Å². The van der Waals surface area contributed by atoms with Crippen molar-refractivity contribution >= 4 is 27.6 Å². The van der Waals surface area contributed by atoms with Crippen molar-refractivity contribution in [3.05, 3.63) is 47.5 Å². The predicted molar refractivity (Wildman–Crippen MR) is 108 cm³/mol. The average Bonchev–Trinajstić information content (AvgIpc) is 2.72. The molecule has 0 saturated carbocycles. The van der Waals surface area contributed by atoms with Crippen LogP contribution in [-0.4, -0.2) is 54.0 Å². The highest BCUT2D eigenvalue weighted by Gasteiger charge is 2.32. The maximum absolute atomic E-state index is 12.6. The van der Waals surface area contributed by atoms with Crippen LogP contribution in [0.5, 0.6) is 5.75 Å². The minimum atomic E-state index is -4.63. The molecule has 1 aromatic carbocycles. The number of alkyl halides is 3. The van der Waals surface area contributed by atoms with Gasteiger partial charge in [-0.05, 0) is 24.6 Å². The Hall–Kier alpha value is -3.42. The number of nitrogens with zero attached hydrogens (tertiary/aromatic N) is 3. The molecule has 4 N–H and O–H groups in total. The van der Waals surface area contributed by atoms with Gasteiger partial charge in [-0.25, -0.2) is 22.7 Å². The summed E-state index contributed by atoms with van der Waals surface area (Å²) in [4.78, 5) is 19.2. The molecule has 1 amide bonds. The highest BCUT2D eigenvalue weighted by atomic mass is 32.2. The van der Waals surface area contributed by atoms with Crippen molar-refractivity contribution in [1.82, 2.24) is 14.3 Å². The number of carbonyl (C=O) groups is 1. The molecule has 1 aliphatic rings. The lowest BCUT2D eigenvalue weighted by Gasteiger charge is -2.28. The molecule has 2 heterocycles. The summed E-state index contributed by atoms with van der Waals surface area (Å²) in [6, 6.07) is 4.57. The summed E-state index contributed by atoms with van der Waals surface area (Å²) in [5, 5.41) is 9.81. The Balaban J connectivity index is 1.80. The number of rotatable bonds is 5. The summed E-state index contributed by atoms with van der Waals surface area (Å²) in [5.41, 5.74) is 4.96. The quantitative estimate of drug-likeness (QED) is 0.443. The summed E-state index contributed by atoms with van der Waals surface area (Å²) in [6.45, 7) is 0.280. The molecule has 10 nitrogen and oxygen atoms in total. The van der Waals surface area contributed by atoms with Gasteiger partial charge in [0.15, 0.2) is 0 Å². The Kier molecular flexibility index (Phi) is 6.25. The minimum Gasteiger partial charge on any atom is -0.493 e. The van der Waals surface area contributed by atoms with Gasteiger partial charge in [-0.3, -0.25) is 10.2 Å². The Bertz CT molecular complexity index is 1140. The van der Waals surface area contributed by atoms with Crippen LogP contribution < -0.4 is 15.8 Å². The molecule has 2 aromatic rings. The van der Waals surface area contributed by atoms with E-state index in [4.69, 9.17) is 15.9 Å². The molecule has 1 aromatic heterocycles. The van der Waals surface area contributed by atoms with Crippen molar-refractivity contribution in [3.8, 4) is 5.75 Å². The number of halogens is 3. The zero-order chi connectivity index (χ0) is 23.7. The van der Waals surface area contributed by atoms with Crippen LogP contribution in [-0.2, 0) is 16.2 Å². The molecule has 32 heavy (non-hydrogen) atoms. The number of sulfonamides is 1. The van der Waals surface area contributed by atoms with Gasteiger partial charge < -0.3 is 15.8 Å². The van der Waals surface area contributed by atoms with Crippen LogP contribution in [0.25, 0.3) is 0 Å². The number of benzene rings is 1. The van der Waals surface area contributed by atoms with Gasteiger partial charge >= 0.3 is 6.18 Å². The number of anilines is 1. The van der Waals surface area contributed by atoms with Gasteiger partial charge in [0.1, 0.15) is 5.75 Å². The van der Waals surface area contributed by atoms with E-state index in [1.165, 1.54) is 19.2 Å². The van der Waals surface area contributed by atoms with Crippen LogP contribution in [0.2, 0.25) is 0 Å². The zero-order valence-electron chi connectivity index (χ0n) is 16.7. The first-order valence-electron chi connectivity index (χ1n) is 9.16. The van der Waals surface area contributed by atoms with E-state index >= 15 is 0 Å². The first-order chi connectivity index (χ1) is 14.9. The number of hydrogen-bond acceptors (Lipinski definition) is 7. The second-order valence-corrected chi connectivity index (χ2v) is 9.01. The number of amides is 1. The van der Waals surface area contributed by atoms with Crippen molar-refractivity contribution in [2.24, 2.45) is 5.73 Å². The van der Waals surface area contributed by atoms with Crippen molar-refractivity contribution in [2.45, 2.75) is 18.5 Å². The minimum absolute atomic E-state index is 0.255. The molecule has 0 radical (unpaired) electrons. The fraction of sp³-hybridized carbons (Fsp3) is 0.333. The summed E-state index contributed by atoms with van der Waals surface area (Å²) < 4.78 is 69.1. The fourth-order valence-electron chi connectivity index (χ4n) is 3.01.